The van der Waals surface area contributed by atoms with Crippen molar-refractivity contribution in [2.24, 2.45) is 11.8 Å². The van der Waals surface area contributed by atoms with E-state index in [9.17, 15) is 9.59 Å². The third-order valence-corrected chi connectivity index (χ3v) is 2.97. The van der Waals surface area contributed by atoms with Crippen molar-refractivity contribution in [2.75, 3.05) is 6.61 Å². The minimum absolute atomic E-state index is 0.222. The van der Waals surface area contributed by atoms with E-state index in [-0.39, 0.29) is 5.97 Å². The fraction of sp³-hybridized carbons (Fsp3) is 0.818. The van der Waals surface area contributed by atoms with E-state index < -0.39 is 0 Å². The van der Waals surface area contributed by atoms with E-state index in [1.54, 1.807) is 0 Å². The predicted octanol–water partition coefficient (Wildman–Crippen LogP) is 1.94. The molecule has 3 heteroatoms. The number of esters is 1. The van der Waals surface area contributed by atoms with Gasteiger partial charge in [0.2, 0.25) is 0 Å². The van der Waals surface area contributed by atoms with E-state index in [2.05, 4.69) is 0 Å². The van der Waals surface area contributed by atoms with Crippen LogP contribution in [0.25, 0.3) is 0 Å². The highest BCUT2D eigenvalue weighted by Gasteiger charge is 2.25. The van der Waals surface area contributed by atoms with Crippen molar-refractivity contribution in [1.82, 2.24) is 0 Å². The maximum Gasteiger partial charge on any atom is 0.302 e. The first-order valence-electron chi connectivity index (χ1n) is 5.31. The maximum atomic E-state index is 10.7. The quantitative estimate of drug-likeness (QED) is 0.512. The lowest BCUT2D eigenvalue weighted by Gasteiger charge is -2.29. The minimum Gasteiger partial charge on any atom is -0.466 e. The molecule has 1 aliphatic rings. The zero-order valence-corrected chi connectivity index (χ0v) is 8.70. The van der Waals surface area contributed by atoms with Crippen LogP contribution in [-0.4, -0.2) is 18.9 Å². The standard InChI is InChI=1S/C11H18O3/c1-9(13)14-8-11-5-3-2-4-10(11)6-7-12/h7,10-11H,2-6,8H2,1H3/t10-,11+/m0/s1. The Hall–Kier alpha value is -0.860. The van der Waals surface area contributed by atoms with Crippen LogP contribution in [0.1, 0.15) is 39.0 Å². The van der Waals surface area contributed by atoms with Gasteiger partial charge in [-0.15, -0.1) is 0 Å². The van der Waals surface area contributed by atoms with Gasteiger partial charge in [-0.2, -0.15) is 0 Å². The molecule has 1 rings (SSSR count). The summed E-state index contributed by atoms with van der Waals surface area (Å²) in [5.41, 5.74) is 0. The second-order valence-corrected chi connectivity index (χ2v) is 4.01. The predicted molar refractivity (Wildman–Crippen MR) is 52.8 cm³/mol. The lowest BCUT2D eigenvalue weighted by molar-refractivity contribution is -0.143. The Labute approximate surface area is 84.8 Å². The second kappa shape index (κ2) is 5.78. The van der Waals surface area contributed by atoms with Crippen LogP contribution in [-0.2, 0) is 14.3 Å². The van der Waals surface area contributed by atoms with Crippen molar-refractivity contribution in [3.63, 3.8) is 0 Å². The van der Waals surface area contributed by atoms with Gasteiger partial charge in [-0.25, -0.2) is 0 Å². The SMILES string of the molecule is CC(=O)OC[C@H]1CCCC[C@H]1CC=O. The topological polar surface area (TPSA) is 43.4 Å². The van der Waals surface area contributed by atoms with Crippen molar-refractivity contribution in [2.45, 2.75) is 39.0 Å². The van der Waals surface area contributed by atoms with E-state index >= 15 is 0 Å². The number of carbonyl (C=O) groups excluding carboxylic acids is 2. The van der Waals surface area contributed by atoms with Crippen LogP contribution in [0.2, 0.25) is 0 Å². The molecule has 1 aliphatic carbocycles. The van der Waals surface area contributed by atoms with Crippen molar-refractivity contribution in [3.8, 4) is 0 Å². The Morgan fingerprint density at radius 1 is 1.36 bits per heavy atom. The highest BCUT2D eigenvalue weighted by Crippen LogP contribution is 2.31. The molecule has 1 saturated carbocycles. The van der Waals surface area contributed by atoms with Gasteiger partial charge in [0, 0.05) is 13.3 Å². The van der Waals surface area contributed by atoms with Gasteiger partial charge in [-0.3, -0.25) is 4.79 Å². The van der Waals surface area contributed by atoms with Crippen LogP contribution in [0.15, 0.2) is 0 Å². The van der Waals surface area contributed by atoms with Crippen LogP contribution in [0, 0.1) is 11.8 Å². The average molecular weight is 198 g/mol. The Bertz CT molecular complexity index is 201. The molecule has 0 unspecified atom stereocenters. The van der Waals surface area contributed by atoms with E-state index in [0.29, 0.717) is 24.9 Å². The van der Waals surface area contributed by atoms with E-state index in [1.807, 2.05) is 0 Å². The van der Waals surface area contributed by atoms with E-state index in [0.717, 1.165) is 19.1 Å². The summed E-state index contributed by atoms with van der Waals surface area (Å²) in [6, 6.07) is 0. The molecule has 0 aromatic rings. The van der Waals surface area contributed by atoms with E-state index in [1.165, 1.54) is 19.8 Å². The van der Waals surface area contributed by atoms with Crippen LogP contribution < -0.4 is 0 Å². The van der Waals surface area contributed by atoms with Crippen molar-refractivity contribution in [1.29, 1.82) is 0 Å². The number of carbonyl (C=O) groups is 2. The molecule has 0 amide bonds. The number of rotatable bonds is 4. The molecule has 0 aromatic carbocycles. The smallest absolute Gasteiger partial charge is 0.302 e. The summed E-state index contributed by atoms with van der Waals surface area (Å²) < 4.78 is 5.00. The normalized spacial score (nSPS) is 26.9. The second-order valence-electron chi connectivity index (χ2n) is 4.01. The van der Waals surface area contributed by atoms with Crippen LogP contribution in [0.5, 0.6) is 0 Å². The number of hydrogen-bond donors (Lipinski definition) is 0. The van der Waals surface area contributed by atoms with Crippen LogP contribution in [0.4, 0.5) is 0 Å². The Morgan fingerprint density at radius 2 is 2.00 bits per heavy atom. The lowest BCUT2D eigenvalue weighted by atomic mass is 9.78. The largest absolute Gasteiger partial charge is 0.466 e. The average Bonchev–Trinajstić information content (AvgIpc) is 2.17. The van der Waals surface area contributed by atoms with Gasteiger partial charge < -0.3 is 9.53 Å². The summed E-state index contributed by atoms with van der Waals surface area (Å²) in [5, 5.41) is 0. The highest BCUT2D eigenvalue weighted by atomic mass is 16.5. The zero-order valence-electron chi connectivity index (χ0n) is 8.70. The number of aldehydes is 1. The summed E-state index contributed by atoms with van der Waals surface area (Å²) in [6.07, 6.45) is 6.19. The third-order valence-electron chi connectivity index (χ3n) is 2.97. The van der Waals surface area contributed by atoms with E-state index in [4.69, 9.17) is 4.74 Å². The summed E-state index contributed by atoms with van der Waals surface area (Å²) in [7, 11) is 0. The lowest BCUT2D eigenvalue weighted by Crippen LogP contribution is -2.25. The molecule has 0 aliphatic heterocycles. The molecule has 0 spiro atoms. The molecule has 0 radical (unpaired) electrons. The molecule has 0 bridgehead atoms. The highest BCUT2D eigenvalue weighted by molar-refractivity contribution is 5.65. The maximum absolute atomic E-state index is 10.7. The molecule has 0 saturated heterocycles. The molecule has 0 N–H and O–H groups in total. The molecule has 0 aromatic heterocycles. The van der Waals surface area contributed by atoms with Gasteiger partial charge in [0.25, 0.3) is 0 Å². The van der Waals surface area contributed by atoms with Crippen LogP contribution >= 0.6 is 0 Å². The van der Waals surface area contributed by atoms with Crippen molar-refractivity contribution in [3.05, 3.63) is 0 Å². The summed E-state index contributed by atoms with van der Waals surface area (Å²) in [4.78, 5) is 21.1. The minimum atomic E-state index is -0.222. The first kappa shape index (κ1) is 11.2. The van der Waals surface area contributed by atoms with Gasteiger partial charge in [-0.1, -0.05) is 12.8 Å². The third kappa shape index (κ3) is 3.48. The Kier molecular flexibility index (Phi) is 4.63. The van der Waals surface area contributed by atoms with Crippen molar-refractivity contribution >= 4 is 12.3 Å². The molecule has 2 atom stereocenters. The monoisotopic (exact) mass is 198 g/mol. The van der Waals surface area contributed by atoms with Crippen molar-refractivity contribution < 1.29 is 14.3 Å². The Balaban J connectivity index is 2.37. The molecule has 3 nitrogen and oxygen atoms in total. The summed E-state index contributed by atoms with van der Waals surface area (Å²) in [5.74, 6) is 0.610. The number of hydrogen-bond acceptors (Lipinski definition) is 3. The molecule has 14 heavy (non-hydrogen) atoms. The van der Waals surface area contributed by atoms with Gasteiger partial charge >= 0.3 is 5.97 Å². The molecule has 80 valence electrons. The first-order valence-corrected chi connectivity index (χ1v) is 5.31. The van der Waals surface area contributed by atoms with Gasteiger partial charge in [0.15, 0.2) is 0 Å². The Morgan fingerprint density at radius 3 is 2.57 bits per heavy atom. The zero-order chi connectivity index (χ0) is 10.4. The number of ether oxygens (including phenoxy) is 1. The van der Waals surface area contributed by atoms with Crippen LogP contribution in [0.3, 0.4) is 0 Å². The summed E-state index contributed by atoms with van der Waals surface area (Å²) in [6.45, 7) is 1.92. The first-order chi connectivity index (χ1) is 6.74. The molecular formula is C11H18O3. The summed E-state index contributed by atoms with van der Waals surface area (Å²) >= 11 is 0. The van der Waals surface area contributed by atoms with Gasteiger partial charge in [0.1, 0.15) is 6.29 Å². The molecule has 1 fully saturated rings. The molecular weight excluding hydrogens is 180 g/mol. The van der Waals surface area contributed by atoms with Gasteiger partial charge in [-0.05, 0) is 24.7 Å². The molecule has 0 heterocycles. The van der Waals surface area contributed by atoms with Gasteiger partial charge in [0.05, 0.1) is 6.61 Å². The fourth-order valence-corrected chi connectivity index (χ4v) is 2.16. The fourth-order valence-electron chi connectivity index (χ4n) is 2.16.